The average Bonchev–Trinajstić information content (AvgIpc) is 3.24. The Balaban J connectivity index is 4.23. The van der Waals surface area contributed by atoms with Crippen molar-refractivity contribution in [2.45, 2.75) is 251 Å². The minimum Gasteiger partial charge on any atom is -0.480 e. The average molecular weight is 886 g/mol. The zero-order valence-electron chi connectivity index (χ0n) is 39.0. The van der Waals surface area contributed by atoms with Crippen LogP contribution in [-0.4, -0.2) is 59.9 Å². The summed E-state index contributed by atoms with van der Waals surface area (Å²) >= 11 is 0. The first kappa shape index (κ1) is 59.0. The standard InChI is InChI=1S/C49H92NO10P/c1-3-5-7-9-11-13-15-17-19-20-21-22-23-24-25-27-28-30-32-34-36-38-40-47(51)57-42-45(43-58-61(55,56)59-44-46(50)49(53)54)60-48(52)41-39-37-35-33-31-29-26-18-16-14-12-10-8-6-4-2/h18,26,31,33,45-46H,3-17,19-25,27-30,32,34-44,50H2,1-2H3,(H,53,54)(H,55,56)/b26-18+,33-31+/t45-,46+/m0/s1. The lowest BCUT2D eigenvalue weighted by Crippen LogP contribution is -2.34. The number of carbonyl (C=O) groups is 3. The number of carbonyl (C=O) groups excluding carboxylic acids is 2. The lowest BCUT2D eigenvalue weighted by Gasteiger charge is -2.20. The number of allylic oxidation sites excluding steroid dienone is 4. The van der Waals surface area contributed by atoms with E-state index in [-0.39, 0.29) is 19.4 Å². The van der Waals surface area contributed by atoms with Gasteiger partial charge in [-0.2, -0.15) is 0 Å². The van der Waals surface area contributed by atoms with Crippen molar-refractivity contribution >= 4 is 25.7 Å². The number of nitrogens with two attached hydrogens (primary N) is 1. The van der Waals surface area contributed by atoms with Gasteiger partial charge in [0.05, 0.1) is 13.2 Å². The molecule has 0 rings (SSSR count). The highest BCUT2D eigenvalue weighted by atomic mass is 31.2. The maximum atomic E-state index is 12.6. The molecule has 1 unspecified atom stereocenters. The highest BCUT2D eigenvalue weighted by Gasteiger charge is 2.28. The van der Waals surface area contributed by atoms with Crippen LogP contribution in [0.5, 0.6) is 0 Å². The van der Waals surface area contributed by atoms with Crippen molar-refractivity contribution in [3.05, 3.63) is 24.3 Å². The summed E-state index contributed by atoms with van der Waals surface area (Å²) in [6.07, 6.45) is 48.2. The molecule has 0 aliphatic carbocycles. The monoisotopic (exact) mass is 886 g/mol. The fourth-order valence-corrected chi connectivity index (χ4v) is 7.82. The molecule has 61 heavy (non-hydrogen) atoms. The molecule has 0 aromatic carbocycles. The third-order valence-corrected chi connectivity index (χ3v) is 11.9. The number of aliphatic carboxylic acids is 1. The lowest BCUT2D eigenvalue weighted by atomic mass is 10.0. The summed E-state index contributed by atoms with van der Waals surface area (Å²) in [6, 6.07) is -1.52. The molecule has 11 nitrogen and oxygen atoms in total. The van der Waals surface area contributed by atoms with Gasteiger partial charge in [0.1, 0.15) is 12.6 Å². The van der Waals surface area contributed by atoms with Crippen molar-refractivity contribution in [1.29, 1.82) is 0 Å². The Morgan fingerprint density at radius 1 is 0.508 bits per heavy atom. The van der Waals surface area contributed by atoms with Crippen molar-refractivity contribution in [3.63, 3.8) is 0 Å². The summed E-state index contributed by atoms with van der Waals surface area (Å²) in [5.74, 6) is -2.41. The van der Waals surface area contributed by atoms with E-state index in [0.29, 0.717) is 12.8 Å². The predicted octanol–water partition coefficient (Wildman–Crippen LogP) is 13.8. The zero-order valence-corrected chi connectivity index (χ0v) is 39.9. The minimum absolute atomic E-state index is 0.122. The molecule has 0 spiro atoms. The SMILES string of the molecule is CCCCCCCC/C=C/C/C=C/CCCCC(=O)O[C@@H](COC(=O)CCCCCCCCCCCCCCCCCCCCCCCC)COP(=O)(O)OC[C@@H](N)C(=O)O. The number of unbranched alkanes of at least 4 members (excludes halogenated alkanes) is 29. The number of rotatable bonds is 47. The summed E-state index contributed by atoms with van der Waals surface area (Å²) in [6.45, 7) is 2.80. The second kappa shape index (κ2) is 44.6. The van der Waals surface area contributed by atoms with Crippen LogP contribution in [0.1, 0.15) is 239 Å². The number of phosphoric ester groups is 1. The Hall–Kier alpha value is -2.04. The van der Waals surface area contributed by atoms with Crippen molar-refractivity contribution in [1.82, 2.24) is 0 Å². The van der Waals surface area contributed by atoms with Gasteiger partial charge in [-0.15, -0.1) is 0 Å². The van der Waals surface area contributed by atoms with Crippen LogP contribution in [-0.2, 0) is 37.5 Å². The third kappa shape index (κ3) is 44.4. The summed E-state index contributed by atoms with van der Waals surface area (Å²) in [5.41, 5.74) is 5.34. The molecule has 4 N–H and O–H groups in total. The topological polar surface area (TPSA) is 172 Å². The van der Waals surface area contributed by atoms with Crippen molar-refractivity contribution in [2.75, 3.05) is 19.8 Å². The molecule has 0 aromatic heterocycles. The maximum absolute atomic E-state index is 12.6. The van der Waals surface area contributed by atoms with Gasteiger partial charge in [-0.05, 0) is 44.9 Å². The van der Waals surface area contributed by atoms with Gasteiger partial charge in [0.15, 0.2) is 6.10 Å². The zero-order chi connectivity index (χ0) is 44.9. The van der Waals surface area contributed by atoms with Gasteiger partial charge >= 0.3 is 25.7 Å². The summed E-state index contributed by atoms with van der Waals surface area (Å²) in [5, 5.41) is 8.91. The van der Waals surface area contributed by atoms with Crippen molar-refractivity contribution in [3.8, 4) is 0 Å². The van der Waals surface area contributed by atoms with Crippen LogP contribution in [0.2, 0.25) is 0 Å². The molecule has 358 valence electrons. The number of hydrogen-bond acceptors (Lipinski definition) is 9. The number of phosphoric acid groups is 1. The van der Waals surface area contributed by atoms with Crippen LogP contribution in [0.25, 0.3) is 0 Å². The minimum atomic E-state index is -4.72. The molecule has 0 bridgehead atoms. The Bertz CT molecular complexity index is 1130. The lowest BCUT2D eigenvalue weighted by molar-refractivity contribution is -0.161. The highest BCUT2D eigenvalue weighted by Crippen LogP contribution is 2.43. The maximum Gasteiger partial charge on any atom is 0.472 e. The van der Waals surface area contributed by atoms with Gasteiger partial charge in [-0.1, -0.05) is 205 Å². The van der Waals surface area contributed by atoms with E-state index in [1.54, 1.807) is 0 Å². The second-order valence-electron chi connectivity index (χ2n) is 17.0. The Morgan fingerprint density at radius 2 is 0.869 bits per heavy atom. The van der Waals surface area contributed by atoms with E-state index < -0.39 is 51.1 Å². The molecule has 0 aliphatic rings. The number of hydrogen-bond donors (Lipinski definition) is 3. The van der Waals surface area contributed by atoms with Gasteiger partial charge < -0.3 is 25.2 Å². The first-order chi connectivity index (χ1) is 29.6. The second-order valence-corrected chi connectivity index (χ2v) is 18.4. The number of ether oxygens (including phenoxy) is 2. The molecule has 3 atom stereocenters. The van der Waals surface area contributed by atoms with Crippen LogP contribution < -0.4 is 5.73 Å². The first-order valence-electron chi connectivity index (χ1n) is 24.9. The Morgan fingerprint density at radius 3 is 1.31 bits per heavy atom. The molecule has 0 saturated carbocycles. The molecule has 0 radical (unpaired) electrons. The van der Waals surface area contributed by atoms with Crippen LogP contribution in [0.3, 0.4) is 0 Å². The van der Waals surface area contributed by atoms with Gasteiger partial charge in [-0.3, -0.25) is 23.4 Å². The van der Waals surface area contributed by atoms with Gasteiger partial charge in [0.25, 0.3) is 0 Å². The molecule has 0 fully saturated rings. The first-order valence-corrected chi connectivity index (χ1v) is 26.4. The summed E-state index contributed by atoms with van der Waals surface area (Å²) in [4.78, 5) is 46.1. The molecule has 0 heterocycles. The van der Waals surface area contributed by atoms with E-state index in [4.69, 9.17) is 24.8 Å². The van der Waals surface area contributed by atoms with Crippen LogP contribution >= 0.6 is 7.82 Å². The molecule has 12 heteroatoms. The smallest absolute Gasteiger partial charge is 0.472 e. The fraction of sp³-hybridized carbons (Fsp3) is 0.857. The molecular formula is C49H92NO10P. The van der Waals surface area contributed by atoms with Crippen LogP contribution in [0, 0.1) is 0 Å². The van der Waals surface area contributed by atoms with Gasteiger partial charge in [-0.25, -0.2) is 4.57 Å². The Kier molecular flexibility index (Phi) is 43.1. The Labute approximate surface area is 372 Å². The quantitative estimate of drug-likeness (QED) is 0.0230. The number of carboxylic acids is 1. The van der Waals surface area contributed by atoms with Crippen molar-refractivity contribution < 1.29 is 47.5 Å². The summed E-state index contributed by atoms with van der Waals surface area (Å²) in [7, 11) is -4.72. The number of carboxylic acid groups (broad SMARTS) is 1. The fourth-order valence-electron chi connectivity index (χ4n) is 7.04. The van der Waals surface area contributed by atoms with Crippen molar-refractivity contribution in [2.24, 2.45) is 5.73 Å². The number of esters is 2. The molecule has 0 saturated heterocycles. The predicted molar refractivity (Wildman–Crippen MR) is 249 cm³/mol. The van der Waals surface area contributed by atoms with E-state index in [1.807, 2.05) is 0 Å². The van der Waals surface area contributed by atoms with E-state index in [2.05, 4.69) is 42.7 Å². The summed E-state index contributed by atoms with van der Waals surface area (Å²) < 4.78 is 32.8. The van der Waals surface area contributed by atoms with Crippen LogP contribution in [0.15, 0.2) is 24.3 Å². The highest BCUT2D eigenvalue weighted by molar-refractivity contribution is 7.47. The van der Waals surface area contributed by atoms with E-state index in [9.17, 15) is 23.8 Å². The largest absolute Gasteiger partial charge is 0.480 e. The van der Waals surface area contributed by atoms with E-state index in [0.717, 1.165) is 44.9 Å². The van der Waals surface area contributed by atoms with Gasteiger partial charge in [0, 0.05) is 12.8 Å². The van der Waals surface area contributed by atoms with E-state index >= 15 is 0 Å². The van der Waals surface area contributed by atoms with Gasteiger partial charge in [0.2, 0.25) is 0 Å². The molecule has 0 aromatic rings. The molecular weight excluding hydrogens is 794 g/mol. The van der Waals surface area contributed by atoms with Crippen LogP contribution in [0.4, 0.5) is 0 Å². The molecule has 0 aliphatic heterocycles. The normalized spacial score (nSPS) is 13.8. The molecule has 0 amide bonds. The third-order valence-electron chi connectivity index (χ3n) is 11.0. The van der Waals surface area contributed by atoms with E-state index in [1.165, 1.54) is 154 Å².